The van der Waals surface area contributed by atoms with Crippen molar-refractivity contribution in [1.82, 2.24) is 4.98 Å². The van der Waals surface area contributed by atoms with Crippen LogP contribution < -0.4 is 0 Å². The van der Waals surface area contributed by atoms with Crippen molar-refractivity contribution in [3.8, 4) is 0 Å². The van der Waals surface area contributed by atoms with Crippen molar-refractivity contribution in [2.75, 3.05) is 0 Å². The van der Waals surface area contributed by atoms with Crippen LogP contribution in [0.3, 0.4) is 0 Å². The van der Waals surface area contributed by atoms with Crippen LogP contribution in [0, 0.1) is 0 Å². The lowest BCUT2D eigenvalue weighted by molar-refractivity contribution is 0.561. The lowest BCUT2D eigenvalue weighted by atomic mass is 10.2. The first-order chi connectivity index (χ1) is 7.00. The molecule has 0 bridgehead atoms. The van der Waals surface area contributed by atoms with Crippen molar-refractivity contribution in [2.24, 2.45) is 4.40 Å². The van der Waals surface area contributed by atoms with Crippen LogP contribution in [0.25, 0.3) is 0 Å². The summed E-state index contributed by atoms with van der Waals surface area (Å²) in [6, 6.07) is 3.85. The highest BCUT2D eigenvalue weighted by atomic mass is 32.2. The standard InChI is InChI=1S/C11H16N2OS/c1-11(2,3)15(14)13-8-6-10-5-4-7-12-9-10/h4-5,7-9H,6H2,1-3H3/b13-8+/t15-/m1/s1. The van der Waals surface area contributed by atoms with E-state index in [1.165, 1.54) is 0 Å². The second-order valence-electron chi connectivity index (χ2n) is 4.21. The van der Waals surface area contributed by atoms with Gasteiger partial charge in [-0.15, -0.1) is 0 Å². The van der Waals surface area contributed by atoms with Crippen LogP contribution in [0.15, 0.2) is 28.9 Å². The predicted octanol–water partition coefficient (Wildman–Crippen LogP) is 2.16. The number of rotatable bonds is 3. The van der Waals surface area contributed by atoms with Crippen LogP contribution in [0.2, 0.25) is 0 Å². The molecule has 82 valence electrons. The maximum absolute atomic E-state index is 11.6. The van der Waals surface area contributed by atoms with Gasteiger partial charge in [-0.1, -0.05) is 10.5 Å². The average Bonchev–Trinajstić information content (AvgIpc) is 2.18. The molecule has 1 rings (SSSR count). The van der Waals surface area contributed by atoms with E-state index in [0.29, 0.717) is 6.42 Å². The Balaban J connectivity index is 2.47. The Hall–Kier alpha value is -0.870. The minimum atomic E-state index is -1.16. The molecule has 1 aromatic heterocycles. The summed E-state index contributed by atoms with van der Waals surface area (Å²) >= 11 is -1.16. The Bertz CT molecular complexity index is 319. The molecular formula is C11H16N2OS. The highest BCUT2D eigenvalue weighted by molar-refractivity contribution is 7.91. The molecule has 0 saturated carbocycles. The third-order valence-electron chi connectivity index (χ3n) is 1.74. The van der Waals surface area contributed by atoms with Gasteiger partial charge in [0.25, 0.3) is 0 Å². The van der Waals surface area contributed by atoms with Crippen molar-refractivity contribution in [2.45, 2.75) is 31.9 Å². The third-order valence-corrected chi connectivity index (χ3v) is 3.13. The SMILES string of the molecule is CC(C)(C)[S@@+]([O-])/N=C/Cc1cccnc1. The smallest absolute Gasteiger partial charge is 0.144 e. The average molecular weight is 224 g/mol. The molecular weight excluding hydrogens is 208 g/mol. The summed E-state index contributed by atoms with van der Waals surface area (Å²) in [5, 5.41) is 0. The normalized spacial score (nSPS) is 14.4. The fourth-order valence-electron chi connectivity index (χ4n) is 0.887. The Morgan fingerprint density at radius 3 is 2.80 bits per heavy atom. The van der Waals surface area contributed by atoms with Gasteiger partial charge >= 0.3 is 0 Å². The fourth-order valence-corrected chi connectivity index (χ4v) is 1.41. The highest BCUT2D eigenvalue weighted by Crippen LogP contribution is 2.16. The summed E-state index contributed by atoms with van der Waals surface area (Å²) in [7, 11) is 0. The first kappa shape index (κ1) is 12.2. The van der Waals surface area contributed by atoms with Gasteiger partial charge in [0.1, 0.15) is 16.1 Å². The van der Waals surface area contributed by atoms with Crippen molar-refractivity contribution in [3.05, 3.63) is 30.1 Å². The lowest BCUT2D eigenvalue weighted by Gasteiger charge is -2.17. The van der Waals surface area contributed by atoms with Crippen LogP contribution in [0.1, 0.15) is 26.3 Å². The molecule has 1 aromatic rings. The molecule has 0 N–H and O–H groups in total. The molecule has 1 atom stereocenters. The van der Waals surface area contributed by atoms with Gasteiger partial charge in [0.05, 0.1) is 6.21 Å². The van der Waals surface area contributed by atoms with Crippen molar-refractivity contribution in [1.29, 1.82) is 0 Å². The van der Waals surface area contributed by atoms with E-state index in [0.717, 1.165) is 5.56 Å². The summed E-state index contributed by atoms with van der Waals surface area (Å²) in [5.74, 6) is 0. The van der Waals surface area contributed by atoms with E-state index in [4.69, 9.17) is 0 Å². The van der Waals surface area contributed by atoms with Crippen LogP contribution in [-0.2, 0) is 17.8 Å². The number of nitrogens with zero attached hydrogens (tertiary/aromatic N) is 2. The van der Waals surface area contributed by atoms with E-state index in [9.17, 15) is 4.55 Å². The van der Waals surface area contributed by atoms with Gasteiger partial charge in [-0.3, -0.25) is 4.98 Å². The van der Waals surface area contributed by atoms with Gasteiger partial charge in [0.15, 0.2) is 0 Å². The predicted molar refractivity (Wildman–Crippen MR) is 64.3 cm³/mol. The molecule has 0 amide bonds. The van der Waals surface area contributed by atoms with Crippen molar-refractivity contribution in [3.63, 3.8) is 0 Å². The monoisotopic (exact) mass is 224 g/mol. The summed E-state index contributed by atoms with van der Waals surface area (Å²) in [5.41, 5.74) is 1.08. The van der Waals surface area contributed by atoms with Crippen LogP contribution in [0.4, 0.5) is 0 Å². The summed E-state index contributed by atoms with van der Waals surface area (Å²) in [6.07, 6.45) is 5.88. The summed E-state index contributed by atoms with van der Waals surface area (Å²) < 4.78 is 15.3. The number of pyridine rings is 1. The lowest BCUT2D eigenvalue weighted by Crippen LogP contribution is -2.25. The van der Waals surface area contributed by atoms with Crippen LogP contribution in [-0.4, -0.2) is 20.5 Å². The zero-order valence-electron chi connectivity index (χ0n) is 9.30. The van der Waals surface area contributed by atoms with Crippen LogP contribution >= 0.6 is 0 Å². The van der Waals surface area contributed by atoms with Gasteiger partial charge < -0.3 is 4.55 Å². The molecule has 0 aliphatic carbocycles. The zero-order chi connectivity index (χ0) is 11.3. The molecule has 0 fully saturated rings. The molecule has 15 heavy (non-hydrogen) atoms. The van der Waals surface area contributed by atoms with E-state index in [2.05, 4.69) is 9.38 Å². The van der Waals surface area contributed by atoms with E-state index < -0.39 is 11.4 Å². The van der Waals surface area contributed by atoms with Crippen LogP contribution in [0.5, 0.6) is 0 Å². The number of aromatic nitrogens is 1. The summed E-state index contributed by atoms with van der Waals surface area (Å²) in [6.45, 7) is 5.72. The molecule has 0 radical (unpaired) electrons. The second kappa shape index (κ2) is 5.28. The van der Waals surface area contributed by atoms with E-state index >= 15 is 0 Å². The van der Waals surface area contributed by atoms with Gasteiger partial charge in [0.2, 0.25) is 0 Å². The largest absolute Gasteiger partial charge is 0.591 e. The van der Waals surface area contributed by atoms with E-state index in [-0.39, 0.29) is 4.75 Å². The van der Waals surface area contributed by atoms with Crippen molar-refractivity contribution >= 4 is 17.6 Å². The molecule has 4 heteroatoms. The second-order valence-corrected chi connectivity index (χ2v) is 6.15. The zero-order valence-corrected chi connectivity index (χ0v) is 10.1. The molecule has 3 nitrogen and oxygen atoms in total. The minimum Gasteiger partial charge on any atom is -0.591 e. The Morgan fingerprint density at radius 2 is 2.27 bits per heavy atom. The fraction of sp³-hybridized carbons (Fsp3) is 0.455. The molecule has 0 aliphatic heterocycles. The summed E-state index contributed by atoms with van der Waals surface area (Å²) in [4.78, 5) is 3.99. The molecule has 0 unspecified atom stereocenters. The van der Waals surface area contributed by atoms with Gasteiger partial charge in [0, 0.05) is 18.8 Å². The Kier molecular flexibility index (Phi) is 4.29. The minimum absolute atomic E-state index is 0.286. The van der Waals surface area contributed by atoms with E-state index in [1.54, 1.807) is 18.6 Å². The topological polar surface area (TPSA) is 48.3 Å². The van der Waals surface area contributed by atoms with Gasteiger partial charge in [-0.2, -0.15) is 0 Å². The van der Waals surface area contributed by atoms with Gasteiger partial charge in [-0.25, -0.2) is 0 Å². The third kappa shape index (κ3) is 4.44. The maximum Gasteiger partial charge on any atom is 0.144 e. The Morgan fingerprint density at radius 1 is 1.53 bits per heavy atom. The van der Waals surface area contributed by atoms with Crippen molar-refractivity contribution < 1.29 is 4.55 Å². The first-order valence-corrected chi connectivity index (χ1v) is 5.94. The van der Waals surface area contributed by atoms with E-state index in [1.807, 2.05) is 32.9 Å². The molecule has 0 saturated heterocycles. The maximum atomic E-state index is 11.6. The molecule has 1 heterocycles. The number of hydrogen-bond donors (Lipinski definition) is 0. The molecule has 0 spiro atoms. The first-order valence-electron chi connectivity index (χ1n) is 4.83. The molecule has 0 aliphatic rings. The van der Waals surface area contributed by atoms with Gasteiger partial charge in [-0.05, 0) is 32.4 Å². The molecule has 0 aromatic carbocycles. The number of hydrogen-bond acceptors (Lipinski definition) is 3. The Labute approximate surface area is 94.0 Å². The highest BCUT2D eigenvalue weighted by Gasteiger charge is 2.25. The quantitative estimate of drug-likeness (QED) is 0.583.